The second-order valence-corrected chi connectivity index (χ2v) is 8.69. The molecule has 1 fully saturated rings. The fraction of sp³-hybridized carbons (Fsp3) is 0.385. The molecule has 32 heavy (non-hydrogen) atoms. The molecule has 166 valence electrons. The smallest absolute Gasteiger partial charge is 0.254 e. The molecule has 1 aromatic heterocycles. The van der Waals surface area contributed by atoms with Crippen LogP contribution in [-0.2, 0) is 17.6 Å². The molecule has 1 N–H and O–H groups in total. The van der Waals surface area contributed by atoms with Gasteiger partial charge in [-0.25, -0.2) is 0 Å². The summed E-state index contributed by atoms with van der Waals surface area (Å²) < 4.78 is 11.1. The number of nitrogens with zero attached hydrogens (tertiary/aromatic N) is 1. The van der Waals surface area contributed by atoms with E-state index in [4.69, 9.17) is 9.47 Å². The molecule has 0 spiro atoms. The lowest BCUT2D eigenvalue weighted by Gasteiger charge is -2.38. The molecule has 1 amide bonds. The number of rotatable bonds is 5. The number of carbonyl (C=O) groups excluding carboxylic acids is 1. The molecule has 2 heterocycles. The summed E-state index contributed by atoms with van der Waals surface area (Å²) in [5, 5.41) is 0.977. The van der Waals surface area contributed by atoms with Gasteiger partial charge in [0, 0.05) is 23.5 Å². The van der Waals surface area contributed by atoms with E-state index in [9.17, 15) is 9.59 Å². The summed E-state index contributed by atoms with van der Waals surface area (Å²) in [7, 11) is 3.22. The van der Waals surface area contributed by atoms with Crippen LogP contribution in [0.15, 0.2) is 41.2 Å². The van der Waals surface area contributed by atoms with Crippen molar-refractivity contribution in [3.63, 3.8) is 0 Å². The standard InChI is InChI=1S/C26H28N2O4/c1-4-15-5-8-21-18(11-15)12-20(25(29)27-21)24-19-14-23(32-3)22(31-2)13-17(19)9-10-28(24)26(30)16-6-7-16/h5,8,11-14,16,24H,4,6-7,9-10H2,1-3H3,(H,27,29)/t24-/m0/s1. The van der Waals surface area contributed by atoms with Gasteiger partial charge in [-0.2, -0.15) is 0 Å². The Balaban J connectivity index is 1.72. The Morgan fingerprint density at radius 1 is 1.06 bits per heavy atom. The van der Waals surface area contributed by atoms with E-state index in [2.05, 4.69) is 18.0 Å². The van der Waals surface area contributed by atoms with Gasteiger partial charge in [0.15, 0.2) is 11.5 Å². The SMILES string of the molecule is CCc1ccc2[nH]c(=O)c([C@@H]3c4cc(OC)c(OC)cc4CCN3C(=O)C3CC3)cc2c1. The van der Waals surface area contributed by atoms with E-state index >= 15 is 0 Å². The summed E-state index contributed by atoms with van der Waals surface area (Å²) in [6.45, 7) is 2.69. The van der Waals surface area contributed by atoms with Gasteiger partial charge in [-0.1, -0.05) is 13.0 Å². The first-order valence-corrected chi connectivity index (χ1v) is 11.2. The third-order valence-corrected chi connectivity index (χ3v) is 6.72. The number of H-pyrrole nitrogens is 1. The van der Waals surface area contributed by atoms with E-state index in [0.717, 1.165) is 47.7 Å². The number of carbonyl (C=O) groups is 1. The van der Waals surface area contributed by atoms with Gasteiger partial charge in [-0.05, 0) is 78.1 Å². The molecule has 2 aromatic carbocycles. The van der Waals surface area contributed by atoms with Gasteiger partial charge in [0.25, 0.3) is 5.56 Å². The van der Waals surface area contributed by atoms with Crippen molar-refractivity contribution in [1.29, 1.82) is 0 Å². The molecule has 0 saturated heterocycles. The first kappa shape index (κ1) is 20.6. The van der Waals surface area contributed by atoms with Crippen molar-refractivity contribution >= 4 is 16.8 Å². The highest BCUT2D eigenvalue weighted by molar-refractivity contribution is 5.83. The highest BCUT2D eigenvalue weighted by atomic mass is 16.5. The molecular weight excluding hydrogens is 404 g/mol. The average molecular weight is 433 g/mol. The Labute approximate surface area is 187 Å². The predicted octanol–water partition coefficient (Wildman–Crippen LogP) is 3.99. The highest BCUT2D eigenvalue weighted by Crippen LogP contribution is 2.43. The fourth-order valence-electron chi connectivity index (χ4n) is 4.78. The van der Waals surface area contributed by atoms with Crippen molar-refractivity contribution in [1.82, 2.24) is 9.88 Å². The van der Waals surface area contributed by atoms with E-state index in [0.29, 0.717) is 23.6 Å². The van der Waals surface area contributed by atoms with Gasteiger partial charge in [0.05, 0.1) is 20.3 Å². The fourth-order valence-corrected chi connectivity index (χ4v) is 4.78. The van der Waals surface area contributed by atoms with E-state index in [1.54, 1.807) is 14.2 Å². The van der Waals surface area contributed by atoms with E-state index in [1.165, 1.54) is 5.56 Å². The molecule has 6 heteroatoms. The van der Waals surface area contributed by atoms with Crippen LogP contribution in [0.2, 0.25) is 0 Å². The molecule has 0 bridgehead atoms. The van der Waals surface area contributed by atoms with Crippen LogP contribution < -0.4 is 15.0 Å². The van der Waals surface area contributed by atoms with E-state index < -0.39 is 6.04 Å². The maximum absolute atomic E-state index is 13.3. The average Bonchev–Trinajstić information content (AvgIpc) is 3.67. The molecule has 1 saturated carbocycles. The summed E-state index contributed by atoms with van der Waals surface area (Å²) in [4.78, 5) is 31.5. The van der Waals surface area contributed by atoms with Crippen LogP contribution in [0.4, 0.5) is 0 Å². The quantitative estimate of drug-likeness (QED) is 0.662. The van der Waals surface area contributed by atoms with Gasteiger partial charge in [0.2, 0.25) is 5.91 Å². The number of hydrogen-bond donors (Lipinski definition) is 1. The Morgan fingerprint density at radius 2 is 1.81 bits per heavy atom. The molecule has 1 atom stereocenters. The lowest BCUT2D eigenvalue weighted by molar-refractivity contribution is -0.134. The van der Waals surface area contributed by atoms with Crippen molar-refractivity contribution in [3.8, 4) is 11.5 Å². The number of hydrogen-bond acceptors (Lipinski definition) is 4. The molecule has 2 aliphatic rings. The molecule has 6 nitrogen and oxygen atoms in total. The first-order chi connectivity index (χ1) is 15.5. The summed E-state index contributed by atoms with van der Waals surface area (Å²) >= 11 is 0. The Bertz CT molecular complexity index is 1260. The number of methoxy groups -OCH3 is 2. The van der Waals surface area contributed by atoms with Crippen LogP contribution in [-0.4, -0.2) is 36.6 Å². The number of benzene rings is 2. The number of aromatic nitrogens is 1. The first-order valence-electron chi connectivity index (χ1n) is 11.2. The molecule has 1 aliphatic heterocycles. The zero-order chi connectivity index (χ0) is 22.4. The highest BCUT2D eigenvalue weighted by Gasteiger charge is 2.40. The minimum absolute atomic E-state index is 0.0745. The van der Waals surface area contributed by atoms with Gasteiger partial charge < -0.3 is 19.4 Å². The van der Waals surface area contributed by atoms with E-state index in [-0.39, 0.29) is 17.4 Å². The third kappa shape index (κ3) is 3.44. The van der Waals surface area contributed by atoms with Gasteiger partial charge in [-0.3, -0.25) is 9.59 Å². The van der Waals surface area contributed by atoms with Crippen LogP contribution in [0, 0.1) is 5.92 Å². The van der Waals surface area contributed by atoms with Crippen LogP contribution >= 0.6 is 0 Å². The van der Waals surface area contributed by atoms with Gasteiger partial charge in [-0.15, -0.1) is 0 Å². The lowest BCUT2D eigenvalue weighted by Crippen LogP contribution is -2.43. The molecular formula is C26H28N2O4. The van der Waals surface area contributed by atoms with Crippen molar-refractivity contribution in [3.05, 3.63) is 69.0 Å². The largest absolute Gasteiger partial charge is 0.493 e. The van der Waals surface area contributed by atoms with Crippen molar-refractivity contribution in [2.75, 3.05) is 20.8 Å². The number of pyridine rings is 1. The summed E-state index contributed by atoms with van der Waals surface area (Å²) in [5.41, 5.74) is 4.45. The zero-order valence-electron chi connectivity index (χ0n) is 18.7. The second kappa shape index (κ2) is 8.01. The minimum atomic E-state index is -0.454. The normalized spacial score (nSPS) is 17.8. The topological polar surface area (TPSA) is 71.6 Å². The van der Waals surface area contributed by atoms with Crippen LogP contribution in [0.3, 0.4) is 0 Å². The number of aryl methyl sites for hydroxylation is 1. The monoisotopic (exact) mass is 432 g/mol. The predicted molar refractivity (Wildman–Crippen MR) is 123 cm³/mol. The van der Waals surface area contributed by atoms with Crippen LogP contribution in [0.5, 0.6) is 11.5 Å². The zero-order valence-corrected chi connectivity index (χ0v) is 18.7. The number of aromatic amines is 1. The Hall–Kier alpha value is -3.28. The van der Waals surface area contributed by atoms with Crippen molar-refractivity contribution in [2.24, 2.45) is 5.92 Å². The van der Waals surface area contributed by atoms with Crippen molar-refractivity contribution < 1.29 is 14.3 Å². The Morgan fingerprint density at radius 3 is 2.50 bits per heavy atom. The second-order valence-electron chi connectivity index (χ2n) is 8.69. The van der Waals surface area contributed by atoms with E-state index in [1.807, 2.05) is 35.2 Å². The number of ether oxygens (including phenoxy) is 2. The maximum Gasteiger partial charge on any atom is 0.254 e. The van der Waals surface area contributed by atoms with Gasteiger partial charge >= 0.3 is 0 Å². The third-order valence-electron chi connectivity index (χ3n) is 6.72. The minimum Gasteiger partial charge on any atom is -0.493 e. The van der Waals surface area contributed by atoms with Crippen LogP contribution in [0.1, 0.15) is 48.1 Å². The molecule has 0 unspecified atom stereocenters. The lowest BCUT2D eigenvalue weighted by atomic mass is 9.87. The molecule has 3 aromatic rings. The summed E-state index contributed by atoms with van der Waals surface area (Å²) in [6, 6.07) is 11.5. The maximum atomic E-state index is 13.3. The number of amides is 1. The van der Waals surface area contributed by atoms with Crippen molar-refractivity contribution in [2.45, 2.75) is 38.6 Å². The number of fused-ring (bicyclic) bond motifs is 2. The molecule has 5 rings (SSSR count). The summed E-state index contributed by atoms with van der Waals surface area (Å²) in [6.07, 6.45) is 3.49. The number of nitrogens with one attached hydrogen (secondary N) is 1. The molecule has 0 radical (unpaired) electrons. The van der Waals surface area contributed by atoms with Gasteiger partial charge in [0.1, 0.15) is 0 Å². The molecule has 1 aliphatic carbocycles. The van der Waals surface area contributed by atoms with Crippen LogP contribution in [0.25, 0.3) is 10.9 Å². The Kier molecular flexibility index (Phi) is 5.16. The summed E-state index contributed by atoms with van der Waals surface area (Å²) in [5.74, 6) is 1.47.